The molecule has 9 heteroatoms. The van der Waals surface area contributed by atoms with E-state index in [9.17, 15) is 27.2 Å². The Morgan fingerprint density at radius 3 is 2.41 bits per heavy atom. The van der Waals surface area contributed by atoms with Crippen LogP contribution in [0.4, 0.5) is 17.6 Å². The van der Waals surface area contributed by atoms with E-state index < -0.39 is 47.5 Å². The number of rotatable bonds is 14. The first-order valence-electron chi connectivity index (χ1n) is 12.7. The van der Waals surface area contributed by atoms with Crippen LogP contribution in [0.5, 0.6) is 5.75 Å². The average Bonchev–Trinajstić information content (AvgIpc) is 3.27. The molecule has 37 heavy (non-hydrogen) atoms. The minimum absolute atomic E-state index is 0.106. The van der Waals surface area contributed by atoms with Crippen LogP contribution in [0.2, 0.25) is 0 Å². The Morgan fingerprint density at radius 2 is 1.65 bits per heavy atom. The fourth-order valence-corrected chi connectivity index (χ4v) is 4.28. The maximum Gasteiger partial charge on any atom is 0.313 e. The number of carbonyl (C=O) groups is 2. The molecule has 0 aliphatic rings. The van der Waals surface area contributed by atoms with Gasteiger partial charge in [0.15, 0.2) is 17.5 Å². The number of para-hydroxylation sites is 1. The Morgan fingerprint density at radius 1 is 0.946 bits per heavy atom. The molecule has 2 N–H and O–H groups in total. The molecule has 0 bridgehead atoms. The van der Waals surface area contributed by atoms with Gasteiger partial charge in [-0.15, -0.1) is 0 Å². The molecular formula is C28H32F4N2O3. The van der Waals surface area contributed by atoms with Crippen LogP contribution in [-0.4, -0.2) is 22.9 Å². The van der Waals surface area contributed by atoms with Crippen LogP contribution in [0.3, 0.4) is 0 Å². The third-order valence-corrected chi connectivity index (χ3v) is 6.21. The molecule has 0 fully saturated rings. The van der Waals surface area contributed by atoms with Gasteiger partial charge in [-0.1, -0.05) is 63.6 Å². The number of nitrogens with one attached hydrogen (secondary N) is 2. The number of fused-ring (bicyclic) bond motifs is 1. The van der Waals surface area contributed by atoms with Crippen molar-refractivity contribution in [3.05, 3.63) is 65.4 Å². The molecule has 200 valence electrons. The van der Waals surface area contributed by atoms with Crippen LogP contribution in [0.25, 0.3) is 10.9 Å². The van der Waals surface area contributed by atoms with Gasteiger partial charge in [0.2, 0.25) is 17.5 Å². The molecule has 1 aromatic heterocycles. The van der Waals surface area contributed by atoms with Gasteiger partial charge in [-0.3, -0.25) is 9.59 Å². The molecule has 3 rings (SSSR count). The Labute approximate surface area is 213 Å². The maximum atomic E-state index is 14.0. The summed E-state index contributed by atoms with van der Waals surface area (Å²) in [5.41, 5.74) is 1.70. The molecule has 1 amide bonds. The summed E-state index contributed by atoms with van der Waals surface area (Å²) in [5, 5.41) is 3.73. The molecule has 0 aliphatic carbocycles. The Kier molecular flexibility index (Phi) is 10.5. The summed E-state index contributed by atoms with van der Waals surface area (Å²) in [7, 11) is 0. The van der Waals surface area contributed by atoms with Gasteiger partial charge in [-0.05, 0) is 24.5 Å². The highest BCUT2D eigenvalue weighted by atomic mass is 19.2. The van der Waals surface area contributed by atoms with Gasteiger partial charge in [0, 0.05) is 35.6 Å². The lowest BCUT2D eigenvalue weighted by molar-refractivity contribution is -0.135. The number of hydrogen-bond acceptors (Lipinski definition) is 3. The van der Waals surface area contributed by atoms with E-state index in [-0.39, 0.29) is 24.8 Å². The lowest BCUT2D eigenvalue weighted by atomic mass is 10.0. The molecule has 1 heterocycles. The number of aromatic nitrogens is 1. The van der Waals surface area contributed by atoms with E-state index in [4.69, 9.17) is 4.74 Å². The zero-order valence-corrected chi connectivity index (χ0v) is 20.8. The van der Waals surface area contributed by atoms with Crippen molar-refractivity contribution in [2.75, 3.05) is 0 Å². The predicted molar refractivity (Wildman–Crippen MR) is 133 cm³/mol. The highest BCUT2D eigenvalue weighted by Crippen LogP contribution is 2.27. The number of H-pyrrole nitrogens is 1. The van der Waals surface area contributed by atoms with Crippen molar-refractivity contribution >= 4 is 22.8 Å². The van der Waals surface area contributed by atoms with E-state index in [2.05, 4.69) is 17.2 Å². The van der Waals surface area contributed by atoms with Crippen molar-refractivity contribution in [2.45, 2.75) is 77.2 Å². The summed E-state index contributed by atoms with van der Waals surface area (Å²) >= 11 is 0. The number of ether oxygens (including phenoxy) is 1. The number of esters is 1. The lowest BCUT2D eigenvalue weighted by Gasteiger charge is -2.18. The average molecular weight is 521 g/mol. The minimum atomic E-state index is -1.94. The van der Waals surface area contributed by atoms with E-state index in [1.165, 1.54) is 12.8 Å². The first kappa shape index (κ1) is 28.2. The lowest BCUT2D eigenvalue weighted by Crippen LogP contribution is -2.38. The van der Waals surface area contributed by atoms with Crippen molar-refractivity contribution in [1.29, 1.82) is 0 Å². The zero-order chi connectivity index (χ0) is 26.8. The van der Waals surface area contributed by atoms with Crippen molar-refractivity contribution < 1.29 is 31.9 Å². The van der Waals surface area contributed by atoms with Crippen molar-refractivity contribution in [1.82, 2.24) is 10.3 Å². The van der Waals surface area contributed by atoms with E-state index in [1.54, 1.807) is 6.20 Å². The summed E-state index contributed by atoms with van der Waals surface area (Å²) in [6.07, 6.45) is 9.18. The van der Waals surface area contributed by atoms with Crippen molar-refractivity contribution in [2.24, 2.45) is 0 Å². The molecule has 0 saturated carbocycles. The standard InChI is InChI=1S/C28H32F4N2O3/c1-2-3-4-5-6-7-8-13-24(35)34-19(14-18-17-33-23-12-10-9-11-20(18)23)15-25(36)37-28-22(30)16-21(29)26(31)27(28)32/h9-12,16-17,19,33H,2-8,13-15H2,1H3,(H,34,35). The van der Waals surface area contributed by atoms with Crippen LogP contribution >= 0.6 is 0 Å². The molecular weight excluding hydrogens is 488 g/mol. The third kappa shape index (κ3) is 8.06. The number of aromatic amines is 1. The summed E-state index contributed by atoms with van der Waals surface area (Å²) < 4.78 is 59.4. The first-order valence-corrected chi connectivity index (χ1v) is 12.7. The van der Waals surface area contributed by atoms with Crippen LogP contribution in [0, 0.1) is 23.3 Å². The topological polar surface area (TPSA) is 71.2 Å². The predicted octanol–water partition coefficient (Wildman–Crippen LogP) is 6.89. The highest BCUT2D eigenvalue weighted by molar-refractivity contribution is 5.83. The summed E-state index contributed by atoms with van der Waals surface area (Å²) in [5.74, 6) is -9.81. The maximum absolute atomic E-state index is 14.0. The quantitative estimate of drug-likeness (QED) is 0.0607. The van der Waals surface area contributed by atoms with E-state index in [1.807, 2.05) is 24.3 Å². The van der Waals surface area contributed by atoms with Crippen LogP contribution in [0.15, 0.2) is 36.5 Å². The largest absolute Gasteiger partial charge is 0.420 e. The van der Waals surface area contributed by atoms with Gasteiger partial charge in [-0.2, -0.15) is 4.39 Å². The number of carbonyl (C=O) groups excluding carboxylic acids is 2. The van der Waals surface area contributed by atoms with Crippen LogP contribution in [-0.2, 0) is 16.0 Å². The van der Waals surface area contributed by atoms with Gasteiger partial charge in [0.1, 0.15) is 0 Å². The number of unbranched alkanes of at least 4 members (excludes halogenated alkanes) is 6. The summed E-state index contributed by atoms with van der Waals surface area (Å²) in [6.45, 7) is 2.15. The number of halogens is 4. The fraction of sp³-hybridized carbons (Fsp3) is 0.429. The molecule has 0 radical (unpaired) electrons. The Hall–Kier alpha value is -3.36. The SMILES string of the molecule is CCCCCCCCCC(=O)NC(CC(=O)Oc1c(F)cc(F)c(F)c1F)Cc1c[nH]c2ccccc12. The molecule has 1 unspecified atom stereocenters. The molecule has 0 spiro atoms. The monoisotopic (exact) mass is 520 g/mol. The number of amides is 1. The summed E-state index contributed by atoms with van der Waals surface area (Å²) in [6, 6.07) is 6.86. The molecule has 5 nitrogen and oxygen atoms in total. The Bertz CT molecular complexity index is 1210. The molecule has 3 aromatic rings. The second-order valence-electron chi connectivity index (χ2n) is 9.17. The van der Waals surface area contributed by atoms with Gasteiger partial charge >= 0.3 is 5.97 Å². The van der Waals surface area contributed by atoms with Crippen molar-refractivity contribution in [3.63, 3.8) is 0 Å². The smallest absolute Gasteiger partial charge is 0.313 e. The zero-order valence-electron chi connectivity index (χ0n) is 20.8. The number of benzene rings is 2. The molecule has 1 atom stereocenters. The molecule has 2 aromatic carbocycles. The summed E-state index contributed by atoms with van der Waals surface area (Å²) in [4.78, 5) is 28.3. The first-order chi connectivity index (χ1) is 17.8. The minimum Gasteiger partial charge on any atom is -0.420 e. The third-order valence-electron chi connectivity index (χ3n) is 6.21. The molecule has 0 saturated heterocycles. The second-order valence-corrected chi connectivity index (χ2v) is 9.17. The van der Waals surface area contributed by atoms with Crippen LogP contribution < -0.4 is 10.1 Å². The molecule has 0 aliphatic heterocycles. The fourth-order valence-electron chi connectivity index (χ4n) is 4.28. The van der Waals surface area contributed by atoms with Gasteiger partial charge in [-0.25, -0.2) is 13.2 Å². The van der Waals surface area contributed by atoms with Crippen molar-refractivity contribution in [3.8, 4) is 5.75 Å². The second kappa shape index (κ2) is 13.8. The van der Waals surface area contributed by atoms with E-state index >= 15 is 0 Å². The van der Waals surface area contributed by atoms with E-state index in [0.29, 0.717) is 6.42 Å². The van der Waals surface area contributed by atoms with Crippen LogP contribution in [0.1, 0.15) is 70.3 Å². The highest BCUT2D eigenvalue weighted by Gasteiger charge is 2.25. The number of hydrogen-bond donors (Lipinski definition) is 2. The van der Waals surface area contributed by atoms with Gasteiger partial charge in [0.05, 0.1) is 6.42 Å². The normalized spacial score (nSPS) is 12.0. The van der Waals surface area contributed by atoms with Gasteiger partial charge < -0.3 is 15.0 Å². The van der Waals surface area contributed by atoms with E-state index in [0.717, 1.165) is 42.1 Å². The Balaban J connectivity index is 1.65. The van der Waals surface area contributed by atoms with Gasteiger partial charge in [0.25, 0.3) is 0 Å².